The molecule has 0 spiro atoms. The number of carbonyl (C=O) groups excluding carboxylic acids is 1. The van der Waals surface area contributed by atoms with E-state index in [-0.39, 0.29) is 11.7 Å². The number of aromatic nitrogens is 2. The number of nitrogens with one attached hydrogen (secondary N) is 1. The highest BCUT2D eigenvalue weighted by molar-refractivity contribution is 7.99. The third-order valence-corrected chi connectivity index (χ3v) is 4.35. The Labute approximate surface area is 159 Å². The summed E-state index contributed by atoms with van der Waals surface area (Å²) in [6.07, 6.45) is 0. The first-order valence-corrected chi connectivity index (χ1v) is 9.26. The summed E-state index contributed by atoms with van der Waals surface area (Å²) in [6, 6.07) is 14.3. The Balaban J connectivity index is 1.60. The van der Waals surface area contributed by atoms with Crippen molar-refractivity contribution >= 4 is 35.0 Å². The first kappa shape index (κ1) is 18.3. The van der Waals surface area contributed by atoms with E-state index >= 15 is 0 Å². The molecule has 6 nitrogen and oxygen atoms in total. The third kappa shape index (κ3) is 4.77. The van der Waals surface area contributed by atoms with Gasteiger partial charge >= 0.3 is 0 Å². The van der Waals surface area contributed by atoms with E-state index in [4.69, 9.17) is 20.8 Å². The fraction of sp³-hybridized carbons (Fsp3) is 0.167. The standard InChI is InChI=1S/C18H16ClN3O3S/c1-2-24-15-6-4-3-5-14(15)17-21-22-18(25-17)26-11-16(23)20-13-9-7-12(19)8-10-13/h3-10H,2,11H2,1H3,(H,20,23). The lowest BCUT2D eigenvalue weighted by Crippen LogP contribution is -2.13. The second-order valence-electron chi connectivity index (χ2n) is 5.15. The maximum Gasteiger partial charge on any atom is 0.277 e. The first-order chi connectivity index (χ1) is 12.7. The van der Waals surface area contributed by atoms with Gasteiger partial charge in [-0.05, 0) is 43.3 Å². The molecule has 0 saturated carbocycles. The van der Waals surface area contributed by atoms with Gasteiger partial charge in [-0.25, -0.2) is 0 Å². The molecule has 134 valence electrons. The average Bonchev–Trinajstić information content (AvgIpc) is 3.12. The number of para-hydroxylation sites is 1. The normalized spacial score (nSPS) is 10.5. The maximum absolute atomic E-state index is 12.0. The van der Waals surface area contributed by atoms with Crippen LogP contribution in [0, 0.1) is 0 Å². The second kappa shape index (κ2) is 8.73. The summed E-state index contributed by atoms with van der Waals surface area (Å²) >= 11 is 6.99. The van der Waals surface area contributed by atoms with Crippen molar-refractivity contribution in [3.63, 3.8) is 0 Å². The average molecular weight is 390 g/mol. The highest BCUT2D eigenvalue weighted by Crippen LogP contribution is 2.30. The van der Waals surface area contributed by atoms with Gasteiger partial charge in [-0.3, -0.25) is 4.79 Å². The highest BCUT2D eigenvalue weighted by Gasteiger charge is 2.14. The Morgan fingerprint density at radius 2 is 1.96 bits per heavy atom. The van der Waals surface area contributed by atoms with Gasteiger partial charge in [-0.2, -0.15) is 0 Å². The van der Waals surface area contributed by atoms with E-state index in [1.807, 2.05) is 31.2 Å². The van der Waals surface area contributed by atoms with Crippen LogP contribution in [0.25, 0.3) is 11.5 Å². The summed E-state index contributed by atoms with van der Waals surface area (Å²) in [7, 11) is 0. The molecule has 0 atom stereocenters. The van der Waals surface area contributed by atoms with Crippen LogP contribution in [0.5, 0.6) is 5.75 Å². The number of ether oxygens (including phenoxy) is 1. The van der Waals surface area contributed by atoms with Crippen molar-refractivity contribution < 1.29 is 13.9 Å². The van der Waals surface area contributed by atoms with E-state index < -0.39 is 0 Å². The minimum atomic E-state index is -0.174. The minimum absolute atomic E-state index is 0.150. The van der Waals surface area contributed by atoms with Gasteiger partial charge in [0.25, 0.3) is 11.1 Å². The molecule has 1 aromatic heterocycles. The number of thioether (sulfide) groups is 1. The Kier molecular flexibility index (Phi) is 6.14. The van der Waals surface area contributed by atoms with Crippen molar-refractivity contribution in [3.8, 4) is 17.2 Å². The van der Waals surface area contributed by atoms with E-state index in [0.717, 1.165) is 5.56 Å². The van der Waals surface area contributed by atoms with Crippen LogP contribution in [0.2, 0.25) is 5.02 Å². The lowest BCUT2D eigenvalue weighted by molar-refractivity contribution is -0.113. The molecule has 26 heavy (non-hydrogen) atoms. The number of hydrogen-bond acceptors (Lipinski definition) is 6. The van der Waals surface area contributed by atoms with Crippen LogP contribution in [0.1, 0.15) is 6.92 Å². The van der Waals surface area contributed by atoms with Crippen molar-refractivity contribution in [1.29, 1.82) is 0 Å². The van der Waals surface area contributed by atoms with Crippen LogP contribution < -0.4 is 10.1 Å². The number of anilines is 1. The molecule has 0 unspecified atom stereocenters. The summed E-state index contributed by atoms with van der Waals surface area (Å²) in [5, 5.41) is 11.7. The fourth-order valence-electron chi connectivity index (χ4n) is 2.16. The van der Waals surface area contributed by atoms with Crippen LogP contribution in [0.15, 0.2) is 58.2 Å². The number of carbonyl (C=O) groups is 1. The number of nitrogens with zero attached hydrogens (tertiary/aromatic N) is 2. The molecule has 0 aliphatic carbocycles. The summed E-state index contributed by atoms with van der Waals surface area (Å²) in [4.78, 5) is 12.0. The Morgan fingerprint density at radius 1 is 1.19 bits per heavy atom. The molecule has 1 N–H and O–H groups in total. The molecule has 0 aliphatic heterocycles. The van der Waals surface area contributed by atoms with Gasteiger partial charge in [0.05, 0.1) is 17.9 Å². The zero-order valence-electron chi connectivity index (χ0n) is 13.9. The van der Waals surface area contributed by atoms with Gasteiger partial charge in [0, 0.05) is 10.7 Å². The monoisotopic (exact) mass is 389 g/mol. The number of amides is 1. The molecule has 0 aliphatic rings. The highest BCUT2D eigenvalue weighted by atomic mass is 35.5. The molecular formula is C18H16ClN3O3S. The first-order valence-electron chi connectivity index (χ1n) is 7.89. The van der Waals surface area contributed by atoms with Crippen molar-refractivity contribution in [2.75, 3.05) is 17.7 Å². The van der Waals surface area contributed by atoms with Gasteiger partial charge in [0.15, 0.2) is 0 Å². The fourth-order valence-corrected chi connectivity index (χ4v) is 2.85. The predicted octanol–water partition coefficient (Wildman–Crippen LogP) is 4.52. The zero-order chi connectivity index (χ0) is 18.4. The van der Waals surface area contributed by atoms with E-state index in [9.17, 15) is 4.79 Å². The third-order valence-electron chi connectivity index (χ3n) is 3.28. The largest absolute Gasteiger partial charge is 0.493 e. The topological polar surface area (TPSA) is 77.2 Å². The van der Waals surface area contributed by atoms with Gasteiger partial charge in [-0.15, -0.1) is 10.2 Å². The second-order valence-corrected chi connectivity index (χ2v) is 6.51. The number of rotatable bonds is 7. The molecule has 0 fully saturated rings. The summed E-state index contributed by atoms with van der Waals surface area (Å²) in [5.74, 6) is 1.01. The maximum atomic E-state index is 12.0. The molecule has 0 bridgehead atoms. The summed E-state index contributed by atoms with van der Waals surface area (Å²) in [6.45, 7) is 2.45. The molecule has 0 radical (unpaired) electrons. The number of halogens is 1. The lowest BCUT2D eigenvalue weighted by Gasteiger charge is -2.06. The van der Waals surface area contributed by atoms with Crippen molar-refractivity contribution in [3.05, 3.63) is 53.6 Å². The Hall–Kier alpha value is -2.51. The number of hydrogen-bond donors (Lipinski definition) is 1. The zero-order valence-corrected chi connectivity index (χ0v) is 15.5. The minimum Gasteiger partial charge on any atom is -0.493 e. The van der Waals surface area contributed by atoms with Crippen molar-refractivity contribution in [2.24, 2.45) is 0 Å². The molecule has 8 heteroatoms. The van der Waals surface area contributed by atoms with Crippen molar-refractivity contribution in [1.82, 2.24) is 10.2 Å². The van der Waals surface area contributed by atoms with Crippen LogP contribution in [-0.2, 0) is 4.79 Å². The quantitative estimate of drug-likeness (QED) is 0.598. The van der Waals surface area contributed by atoms with Gasteiger partial charge in [0.1, 0.15) is 5.75 Å². The molecule has 3 rings (SSSR count). The van der Waals surface area contributed by atoms with Crippen molar-refractivity contribution in [2.45, 2.75) is 12.1 Å². The Morgan fingerprint density at radius 3 is 2.73 bits per heavy atom. The molecule has 3 aromatic rings. The smallest absolute Gasteiger partial charge is 0.277 e. The Bertz CT molecular complexity index is 883. The summed E-state index contributed by atoms with van der Waals surface area (Å²) < 4.78 is 11.2. The molecular weight excluding hydrogens is 374 g/mol. The SMILES string of the molecule is CCOc1ccccc1-c1nnc(SCC(=O)Nc2ccc(Cl)cc2)o1. The van der Waals surface area contributed by atoms with Crippen LogP contribution >= 0.6 is 23.4 Å². The van der Waals surface area contributed by atoms with Crippen LogP contribution in [-0.4, -0.2) is 28.5 Å². The van der Waals surface area contributed by atoms with Gasteiger partial charge < -0.3 is 14.5 Å². The van der Waals surface area contributed by atoms with Crippen LogP contribution in [0.4, 0.5) is 5.69 Å². The van der Waals surface area contributed by atoms with E-state index in [0.29, 0.717) is 34.2 Å². The number of benzene rings is 2. The van der Waals surface area contributed by atoms with Gasteiger partial charge in [-0.1, -0.05) is 35.5 Å². The van der Waals surface area contributed by atoms with E-state index in [1.54, 1.807) is 24.3 Å². The summed E-state index contributed by atoms with van der Waals surface area (Å²) in [5.41, 5.74) is 1.40. The molecule has 1 amide bonds. The van der Waals surface area contributed by atoms with Gasteiger partial charge in [0.2, 0.25) is 5.91 Å². The van der Waals surface area contributed by atoms with Crippen LogP contribution in [0.3, 0.4) is 0 Å². The van der Waals surface area contributed by atoms with E-state index in [1.165, 1.54) is 11.8 Å². The van der Waals surface area contributed by atoms with E-state index in [2.05, 4.69) is 15.5 Å². The lowest BCUT2D eigenvalue weighted by atomic mass is 10.2. The predicted molar refractivity (Wildman–Crippen MR) is 102 cm³/mol. The molecule has 0 saturated heterocycles. The molecule has 1 heterocycles. The molecule has 2 aromatic carbocycles.